The average molecular weight is 524 g/mol. The topological polar surface area (TPSA) is 154 Å². The SMILES string of the molecule is CC1CCC2N(C1)CC1C(C(O)C(O)C3(O)C1CC14COC5(O)C(O)CCC1(C)C5CC(O)C34)C2(C)O. The van der Waals surface area contributed by atoms with Gasteiger partial charge >= 0.3 is 0 Å². The predicted molar refractivity (Wildman–Crippen MR) is 131 cm³/mol. The van der Waals surface area contributed by atoms with E-state index in [1.54, 1.807) is 6.92 Å². The third kappa shape index (κ3) is 2.73. The van der Waals surface area contributed by atoms with Gasteiger partial charge in [0, 0.05) is 42.3 Å². The summed E-state index contributed by atoms with van der Waals surface area (Å²) in [4.78, 5) is 2.33. The number of hydrogen-bond donors (Lipinski definition) is 7. The molecule has 4 saturated carbocycles. The Morgan fingerprint density at radius 2 is 1.68 bits per heavy atom. The second-order valence-corrected chi connectivity index (χ2v) is 14.7. The van der Waals surface area contributed by atoms with Crippen molar-refractivity contribution >= 4 is 0 Å². The lowest BCUT2D eigenvalue weighted by Crippen LogP contribution is -2.78. The van der Waals surface area contributed by atoms with Crippen LogP contribution in [0.3, 0.4) is 0 Å². The number of rotatable bonds is 0. The van der Waals surface area contributed by atoms with Gasteiger partial charge in [0.1, 0.15) is 17.8 Å². The van der Waals surface area contributed by atoms with E-state index >= 15 is 0 Å². The molecule has 0 radical (unpaired) electrons. The van der Waals surface area contributed by atoms with Gasteiger partial charge in [0.05, 0.1) is 24.4 Å². The molecule has 0 aromatic rings. The van der Waals surface area contributed by atoms with Crippen molar-refractivity contribution in [3.05, 3.63) is 0 Å². The van der Waals surface area contributed by atoms with Crippen LogP contribution in [0.25, 0.3) is 0 Å². The molecule has 0 amide bonds. The summed E-state index contributed by atoms with van der Waals surface area (Å²) in [5.74, 6) is -3.85. The summed E-state index contributed by atoms with van der Waals surface area (Å²) in [5, 5.41) is 81.6. The Kier molecular flexibility index (Phi) is 5.17. The molecule has 9 heteroatoms. The molecule has 16 atom stereocenters. The fraction of sp³-hybridized carbons (Fsp3) is 1.00. The van der Waals surface area contributed by atoms with E-state index in [1.165, 1.54) is 0 Å². The summed E-state index contributed by atoms with van der Waals surface area (Å²) in [6, 6.07) is -0.111. The molecule has 37 heavy (non-hydrogen) atoms. The number of fused-ring (bicyclic) bond motifs is 5. The normalized spacial score (nSPS) is 66.8. The average Bonchev–Trinajstić information content (AvgIpc) is 3.11. The largest absolute Gasteiger partial charge is 0.393 e. The van der Waals surface area contributed by atoms with Crippen molar-refractivity contribution in [1.82, 2.24) is 4.90 Å². The molecule has 0 aromatic heterocycles. The van der Waals surface area contributed by atoms with Crippen LogP contribution in [0.5, 0.6) is 0 Å². The molecule has 1 spiro atoms. The summed E-state index contributed by atoms with van der Waals surface area (Å²) < 4.78 is 6.10. The van der Waals surface area contributed by atoms with Gasteiger partial charge in [0.25, 0.3) is 0 Å². The summed E-state index contributed by atoms with van der Waals surface area (Å²) in [7, 11) is 0. The number of hydrogen-bond acceptors (Lipinski definition) is 9. The van der Waals surface area contributed by atoms with Crippen LogP contribution in [0.1, 0.15) is 59.3 Å². The van der Waals surface area contributed by atoms with Crippen LogP contribution in [-0.2, 0) is 4.74 Å². The van der Waals surface area contributed by atoms with Crippen molar-refractivity contribution in [2.45, 2.75) is 107 Å². The molecule has 4 aliphatic carbocycles. The van der Waals surface area contributed by atoms with Crippen LogP contribution in [-0.4, -0.2) is 108 Å². The lowest BCUT2D eigenvalue weighted by Gasteiger charge is -2.70. The van der Waals surface area contributed by atoms with Crippen molar-refractivity contribution in [3.8, 4) is 0 Å². The molecule has 4 bridgehead atoms. The second-order valence-electron chi connectivity index (χ2n) is 14.7. The van der Waals surface area contributed by atoms with E-state index in [4.69, 9.17) is 4.74 Å². The minimum absolute atomic E-state index is 0.0636. The van der Waals surface area contributed by atoms with Crippen LogP contribution in [0, 0.1) is 46.3 Å². The molecule has 3 heterocycles. The Morgan fingerprint density at radius 3 is 2.41 bits per heavy atom. The first-order valence-electron chi connectivity index (χ1n) is 14.5. The highest BCUT2D eigenvalue weighted by Crippen LogP contribution is 2.77. The zero-order valence-electron chi connectivity index (χ0n) is 22.2. The van der Waals surface area contributed by atoms with E-state index in [9.17, 15) is 35.7 Å². The summed E-state index contributed by atoms with van der Waals surface area (Å²) >= 11 is 0. The smallest absolute Gasteiger partial charge is 0.195 e. The minimum atomic E-state index is -1.76. The zero-order valence-corrected chi connectivity index (χ0v) is 22.2. The molecule has 3 aliphatic heterocycles. The fourth-order valence-electron chi connectivity index (χ4n) is 11.8. The highest BCUT2D eigenvalue weighted by atomic mass is 16.6. The fourth-order valence-corrected chi connectivity index (χ4v) is 11.8. The maximum Gasteiger partial charge on any atom is 0.195 e. The van der Waals surface area contributed by atoms with E-state index < -0.39 is 75.9 Å². The van der Waals surface area contributed by atoms with Gasteiger partial charge in [0.2, 0.25) is 0 Å². The molecule has 7 N–H and O–H groups in total. The number of aliphatic hydroxyl groups is 7. The van der Waals surface area contributed by atoms with Crippen molar-refractivity contribution in [2.24, 2.45) is 46.3 Å². The van der Waals surface area contributed by atoms with Gasteiger partial charge in [-0.3, -0.25) is 4.90 Å². The van der Waals surface area contributed by atoms with E-state index in [-0.39, 0.29) is 25.0 Å². The molecule has 9 nitrogen and oxygen atoms in total. The third-order valence-corrected chi connectivity index (χ3v) is 13.4. The van der Waals surface area contributed by atoms with Crippen LogP contribution in [0.4, 0.5) is 0 Å². The maximum absolute atomic E-state index is 12.6. The van der Waals surface area contributed by atoms with Crippen molar-refractivity contribution < 1.29 is 40.5 Å². The molecule has 16 unspecified atom stereocenters. The van der Waals surface area contributed by atoms with Gasteiger partial charge in [0.15, 0.2) is 5.79 Å². The van der Waals surface area contributed by atoms with Crippen LogP contribution < -0.4 is 0 Å². The van der Waals surface area contributed by atoms with E-state index in [0.717, 1.165) is 19.4 Å². The Bertz CT molecular complexity index is 980. The lowest BCUT2D eigenvalue weighted by molar-refractivity contribution is -0.408. The van der Waals surface area contributed by atoms with E-state index in [0.29, 0.717) is 31.7 Å². The van der Waals surface area contributed by atoms with Gasteiger partial charge in [-0.25, -0.2) is 0 Å². The van der Waals surface area contributed by atoms with E-state index in [1.807, 2.05) is 0 Å². The summed E-state index contributed by atoms with van der Waals surface area (Å²) in [6.07, 6.45) is -1.49. The first kappa shape index (κ1) is 25.6. The monoisotopic (exact) mass is 523 g/mol. The predicted octanol–water partition coefficient (Wildman–Crippen LogP) is -0.566. The molecule has 0 aromatic carbocycles. The Hall–Kier alpha value is -0.360. The molecule has 3 saturated heterocycles. The Balaban J connectivity index is 1.36. The van der Waals surface area contributed by atoms with Gasteiger partial charge in [-0.1, -0.05) is 13.8 Å². The van der Waals surface area contributed by atoms with Crippen LogP contribution >= 0.6 is 0 Å². The van der Waals surface area contributed by atoms with Crippen molar-refractivity contribution in [1.29, 1.82) is 0 Å². The second kappa shape index (κ2) is 7.47. The summed E-state index contributed by atoms with van der Waals surface area (Å²) in [6.45, 7) is 7.63. The van der Waals surface area contributed by atoms with Crippen molar-refractivity contribution in [2.75, 3.05) is 19.7 Å². The third-order valence-electron chi connectivity index (χ3n) is 13.4. The quantitative estimate of drug-likeness (QED) is 0.221. The highest BCUT2D eigenvalue weighted by Gasteiger charge is 2.82. The minimum Gasteiger partial charge on any atom is -0.393 e. The number of ether oxygens (including phenoxy) is 1. The molecule has 7 rings (SSSR count). The van der Waals surface area contributed by atoms with Gasteiger partial charge in [-0.05, 0) is 68.6 Å². The van der Waals surface area contributed by atoms with Gasteiger partial charge in [-0.2, -0.15) is 0 Å². The van der Waals surface area contributed by atoms with Gasteiger partial charge < -0.3 is 40.5 Å². The summed E-state index contributed by atoms with van der Waals surface area (Å²) in [5.41, 5.74) is -4.27. The molecular formula is C28H45NO8. The standard InChI is InChI=1S/C28H45NO8/c1-13-4-5-18-25(3,34)20-14(11-29(18)10-13)15-9-26-12-37-28(36)17(24(26,2)7-6-19(28)31)8-16(30)22(26)27(15,35)23(33)21(20)32/h13-23,30-36H,4-12H2,1-3H3. The first-order valence-corrected chi connectivity index (χ1v) is 14.5. The van der Waals surface area contributed by atoms with Gasteiger partial charge in [-0.15, -0.1) is 0 Å². The number of piperidine rings is 2. The van der Waals surface area contributed by atoms with Crippen LogP contribution in [0.15, 0.2) is 0 Å². The first-order chi connectivity index (χ1) is 17.2. The Labute approximate surface area is 218 Å². The maximum atomic E-state index is 12.6. The zero-order chi connectivity index (χ0) is 26.5. The lowest BCUT2D eigenvalue weighted by atomic mass is 9.41. The number of aliphatic hydroxyl groups excluding tert-OH is 4. The Morgan fingerprint density at radius 1 is 0.946 bits per heavy atom. The molecule has 7 fully saturated rings. The number of nitrogens with zero attached hydrogens (tertiary/aromatic N) is 1. The van der Waals surface area contributed by atoms with E-state index in [2.05, 4.69) is 18.7 Å². The van der Waals surface area contributed by atoms with Crippen LogP contribution in [0.2, 0.25) is 0 Å². The van der Waals surface area contributed by atoms with Crippen molar-refractivity contribution in [3.63, 3.8) is 0 Å². The molecule has 210 valence electrons. The molecule has 7 aliphatic rings. The highest BCUT2D eigenvalue weighted by molar-refractivity contribution is 5.30. The molecular weight excluding hydrogens is 478 g/mol.